The number of nitrogens with one attached hydrogen (secondary N) is 1. The third-order valence-corrected chi connectivity index (χ3v) is 4.52. The van der Waals surface area contributed by atoms with Gasteiger partial charge in [-0.1, -0.05) is 37.4 Å². The Bertz CT molecular complexity index is 536. The zero-order chi connectivity index (χ0) is 14.8. The molecule has 0 atom stereocenters. The minimum atomic E-state index is -1.10. The minimum absolute atomic E-state index is 0.0232. The van der Waals surface area contributed by atoms with Gasteiger partial charge in [0.05, 0.1) is 16.3 Å². The maximum Gasteiger partial charge on any atom is 0.337 e. The minimum Gasteiger partial charge on any atom is -0.478 e. The van der Waals surface area contributed by atoms with Crippen molar-refractivity contribution >= 4 is 29.2 Å². The summed E-state index contributed by atoms with van der Waals surface area (Å²) in [6.45, 7) is 2.00. The number of carboxylic acid groups (broad SMARTS) is 1. The number of carbonyl (C=O) groups excluding carboxylic acids is 1. The molecule has 1 saturated carbocycles. The molecular formula is C15H18ClNO3. The van der Waals surface area contributed by atoms with Gasteiger partial charge in [0.1, 0.15) is 0 Å². The predicted molar refractivity (Wildman–Crippen MR) is 78.2 cm³/mol. The van der Waals surface area contributed by atoms with Gasteiger partial charge in [-0.2, -0.15) is 0 Å². The van der Waals surface area contributed by atoms with Crippen LogP contribution in [0.5, 0.6) is 0 Å². The van der Waals surface area contributed by atoms with Gasteiger partial charge in [0.25, 0.3) is 0 Å². The van der Waals surface area contributed by atoms with Crippen molar-refractivity contribution in [2.75, 3.05) is 5.32 Å². The molecule has 1 aromatic rings. The zero-order valence-corrected chi connectivity index (χ0v) is 12.2. The molecule has 0 saturated heterocycles. The summed E-state index contributed by atoms with van der Waals surface area (Å²) in [5, 5.41) is 12.2. The van der Waals surface area contributed by atoms with Crippen LogP contribution in [0.1, 0.15) is 49.4 Å². The highest BCUT2D eigenvalue weighted by Crippen LogP contribution is 2.42. The van der Waals surface area contributed by atoms with E-state index >= 15 is 0 Å². The first kappa shape index (κ1) is 14.9. The van der Waals surface area contributed by atoms with Gasteiger partial charge >= 0.3 is 5.97 Å². The summed E-state index contributed by atoms with van der Waals surface area (Å²) in [5.41, 5.74) is -0.156. The summed E-state index contributed by atoms with van der Waals surface area (Å²) < 4.78 is 0. The number of para-hydroxylation sites is 1. The molecule has 1 aromatic carbocycles. The van der Waals surface area contributed by atoms with Gasteiger partial charge in [0.2, 0.25) is 5.91 Å². The van der Waals surface area contributed by atoms with Gasteiger partial charge in [-0.25, -0.2) is 4.79 Å². The molecule has 0 radical (unpaired) electrons. The van der Waals surface area contributed by atoms with Crippen LogP contribution in [0.25, 0.3) is 0 Å². The fourth-order valence-electron chi connectivity index (χ4n) is 2.87. The van der Waals surface area contributed by atoms with Crippen LogP contribution in [-0.2, 0) is 4.79 Å². The molecule has 2 rings (SSSR count). The Morgan fingerprint density at radius 1 is 1.35 bits per heavy atom. The van der Waals surface area contributed by atoms with Crippen LogP contribution < -0.4 is 5.32 Å². The zero-order valence-electron chi connectivity index (χ0n) is 11.4. The molecule has 1 fully saturated rings. The van der Waals surface area contributed by atoms with Crippen molar-refractivity contribution < 1.29 is 14.7 Å². The molecule has 2 N–H and O–H groups in total. The monoisotopic (exact) mass is 295 g/mol. The lowest BCUT2D eigenvalue weighted by Gasteiger charge is -2.26. The predicted octanol–water partition coefficient (Wildman–Crippen LogP) is 3.95. The largest absolute Gasteiger partial charge is 0.478 e. The second-order valence-electron chi connectivity index (χ2n) is 5.26. The molecule has 0 spiro atoms. The van der Waals surface area contributed by atoms with E-state index in [1.807, 2.05) is 6.92 Å². The molecule has 1 amide bonds. The van der Waals surface area contributed by atoms with Crippen LogP contribution in [0, 0.1) is 5.41 Å². The first-order valence-electron chi connectivity index (χ1n) is 6.83. The van der Waals surface area contributed by atoms with Gasteiger partial charge in [0.15, 0.2) is 0 Å². The number of halogens is 1. The van der Waals surface area contributed by atoms with E-state index in [-0.39, 0.29) is 27.6 Å². The first-order valence-corrected chi connectivity index (χ1v) is 7.21. The summed E-state index contributed by atoms with van der Waals surface area (Å²) in [7, 11) is 0. The molecule has 0 heterocycles. The Balaban J connectivity index is 2.30. The lowest BCUT2D eigenvalue weighted by atomic mass is 9.82. The van der Waals surface area contributed by atoms with Crippen molar-refractivity contribution in [1.29, 1.82) is 0 Å². The van der Waals surface area contributed by atoms with Crippen molar-refractivity contribution in [3.05, 3.63) is 28.8 Å². The van der Waals surface area contributed by atoms with E-state index in [4.69, 9.17) is 11.6 Å². The van der Waals surface area contributed by atoms with Crippen molar-refractivity contribution in [3.63, 3.8) is 0 Å². The second kappa shape index (κ2) is 5.83. The fourth-order valence-corrected chi connectivity index (χ4v) is 3.09. The summed E-state index contributed by atoms with van der Waals surface area (Å²) in [6, 6.07) is 4.58. The highest BCUT2D eigenvalue weighted by Gasteiger charge is 2.39. The molecule has 0 unspecified atom stereocenters. The van der Waals surface area contributed by atoms with E-state index in [9.17, 15) is 14.7 Å². The molecule has 1 aliphatic rings. The van der Waals surface area contributed by atoms with E-state index in [0.717, 1.165) is 32.1 Å². The number of hydrogen-bond donors (Lipinski definition) is 2. The van der Waals surface area contributed by atoms with Crippen molar-refractivity contribution in [3.8, 4) is 0 Å². The van der Waals surface area contributed by atoms with E-state index < -0.39 is 5.97 Å². The van der Waals surface area contributed by atoms with Crippen molar-refractivity contribution in [2.45, 2.75) is 39.0 Å². The molecule has 1 aliphatic carbocycles. The van der Waals surface area contributed by atoms with Gasteiger partial charge in [0, 0.05) is 5.41 Å². The Kier molecular flexibility index (Phi) is 4.33. The van der Waals surface area contributed by atoms with Crippen LogP contribution >= 0.6 is 11.6 Å². The highest BCUT2D eigenvalue weighted by atomic mass is 35.5. The maximum absolute atomic E-state index is 12.5. The van der Waals surface area contributed by atoms with E-state index in [1.54, 1.807) is 12.1 Å². The number of amides is 1. The third-order valence-electron chi connectivity index (χ3n) is 4.20. The molecule has 0 aliphatic heterocycles. The SMILES string of the molecule is CCC1(C(=O)Nc2c(Cl)cccc2C(=O)O)CCCC1. The second-order valence-corrected chi connectivity index (χ2v) is 5.67. The van der Waals surface area contributed by atoms with E-state index in [2.05, 4.69) is 5.32 Å². The summed E-state index contributed by atoms with van der Waals surface area (Å²) in [4.78, 5) is 23.7. The molecule has 0 bridgehead atoms. The van der Waals surface area contributed by atoms with Crippen LogP contribution in [0.15, 0.2) is 18.2 Å². The maximum atomic E-state index is 12.5. The molecule has 5 heteroatoms. The molecule has 20 heavy (non-hydrogen) atoms. The van der Waals surface area contributed by atoms with E-state index in [0.29, 0.717) is 0 Å². The molecule has 4 nitrogen and oxygen atoms in total. The summed E-state index contributed by atoms with van der Waals surface area (Å²) >= 11 is 6.03. The molecular weight excluding hydrogens is 278 g/mol. The number of carboxylic acids is 1. The Hall–Kier alpha value is -1.55. The van der Waals surface area contributed by atoms with Crippen molar-refractivity contribution in [1.82, 2.24) is 0 Å². The standard InChI is InChI=1S/C15H18ClNO3/c1-2-15(8-3-4-9-15)14(20)17-12-10(13(18)19)6-5-7-11(12)16/h5-7H,2-4,8-9H2,1H3,(H,17,20)(H,18,19). The quantitative estimate of drug-likeness (QED) is 0.884. The van der Waals surface area contributed by atoms with Crippen LogP contribution in [0.2, 0.25) is 5.02 Å². The number of hydrogen-bond acceptors (Lipinski definition) is 2. The van der Waals surface area contributed by atoms with Crippen LogP contribution in [-0.4, -0.2) is 17.0 Å². The van der Waals surface area contributed by atoms with Gasteiger partial charge in [-0.05, 0) is 31.4 Å². The fraction of sp³-hybridized carbons (Fsp3) is 0.467. The molecule has 108 valence electrons. The van der Waals surface area contributed by atoms with E-state index in [1.165, 1.54) is 6.07 Å². The van der Waals surface area contributed by atoms with Crippen LogP contribution in [0.3, 0.4) is 0 Å². The smallest absolute Gasteiger partial charge is 0.337 e. The highest BCUT2D eigenvalue weighted by molar-refractivity contribution is 6.34. The normalized spacial score (nSPS) is 16.9. The number of anilines is 1. The van der Waals surface area contributed by atoms with Crippen molar-refractivity contribution in [2.24, 2.45) is 5.41 Å². The number of benzene rings is 1. The lowest BCUT2D eigenvalue weighted by Crippen LogP contribution is -2.33. The number of carbonyl (C=O) groups is 2. The Labute approximate surface area is 123 Å². The summed E-state index contributed by atoms with van der Waals surface area (Å²) in [6.07, 6.45) is 4.53. The summed E-state index contributed by atoms with van der Waals surface area (Å²) in [5.74, 6) is -1.21. The van der Waals surface area contributed by atoms with Crippen LogP contribution in [0.4, 0.5) is 5.69 Å². The van der Waals surface area contributed by atoms with Gasteiger partial charge < -0.3 is 10.4 Å². The average Bonchev–Trinajstić information content (AvgIpc) is 2.90. The van der Waals surface area contributed by atoms with Gasteiger partial charge in [-0.15, -0.1) is 0 Å². The number of aromatic carboxylic acids is 1. The third kappa shape index (κ3) is 2.66. The first-order chi connectivity index (χ1) is 9.50. The lowest BCUT2D eigenvalue weighted by molar-refractivity contribution is -0.125. The Morgan fingerprint density at radius 2 is 2.00 bits per heavy atom. The molecule has 0 aromatic heterocycles. The average molecular weight is 296 g/mol. The topological polar surface area (TPSA) is 66.4 Å². The van der Waals surface area contributed by atoms with Gasteiger partial charge in [-0.3, -0.25) is 4.79 Å². The Morgan fingerprint density at radius 3 is 2.55 bits per heavy atom. The number of rotatable bonds is 4.